The second-order valence-electron chi connectivity index (χ2n) is 7.25. The summed E-state index contributed by atoms with van der Waals surface area (Å²) >= 11 is 0. The molecular formula is C17H21N5O3. The molecule has 132 valence electrons. The first-order chi connectivity index (χ1) is 11.8. The molecule has 1 fully saturated rings. The normalized spacial score (nSPS) is 16.4. The van der Waals surface area contributed by atoms with E-state index in [1.807, 2.05) is 26.8 Å². The van der Waals surface area contributed by atoms with Gasteiger partial charge < -0.3 is 19.6 Å². The number of nitriles is 1. The zero-order chi connectivity index (χ0) is 18.1. The lowest BCUT2D eigenvalue weighted by atomic mass is 9.97. The number of nitrogens with zero attached hydrogens (tertiary/aromatic N) is 3. The minimum absolute atomic E-state index is 0.286. The summed E-state index contributed by atoms with van der Waals surface area (Å²) in [6.07, 6.45) is 4.44. The second kappa shape index (κ2) is 6.24. The van der Waals surface area contributed by atoms with Gasteiger partial charge >= 0.3 is 6.09 Å². The third kappa shape index (κ3) is 3.65. The SMILES string of the molecule is CC(C)(C)OC(=O)NC1(c2noc(-c3cc(C#N)c[nH]3)n2)CCCC1. The van der Waals surface area contributed by atoms with Crippen molar-refractivity contribution in [1.82, 2.24) is 20.4 Å². The van der Waals surface area contributed by atoms with Crippen LogP contribution in [0.15, 0.2) is 16.8 Å². The molecule has 1 aliphatic carbocycles. The van der Waals surface area contributed by atoms with Crippen LogP contribution in [0, 0.1) is 11.3 Å². The van der Waals surface area contributed by atoms with Crippen LogP contribution < -0.4 is 5.32 Å². The van der Waals surface area contributed by atoms with Crippen LogP contribution in [-0.4, -0.2) is 26.8 Å². The van der Waals surface area contributed by atoms with Crippen molar-refractivity contribution in [3.05, 3.63) is 23.7 Å². The third-order valence-electron chi connectivity index (χ3n) is 4.09. The highest BCUT2D eigenvalue weighted by molar-refractivity contribution is 5.69. The van der Waals surface area contributed by atoms with E-state index in [0.29, 0.717) is 17.1 Å². The Bertz CT molecular complexity index is 803. The molecule has 0 saturated heterocycles. The van der Waals surface area contributed by atoms with Crippen LogP contribution in [0.2, 0.25) is 0 Å². The zero-order valence-electron chi connectivity index (χ0n) is 14.5. The number of alkyl carbamates (subject to hydrolysis) is 1. The molecule has 0 aromatic carbocycles. The second-order valence-corrected chi connectivity index (χ2v) is 7.25. The van der Waals surface area contributed by atoms with E-state index < -0.39 is 17.2 Å². The molecule has 2 aromatic heterocycles. The summed E-state index contributed by atoms with van der Waals surface area (Å²) in [6.45, 7) is 5.45. The monoisotopic (exact) mass is 343 g/mol. The maximum Gasteiger partial charge on any atom is 0.408 e. The van der Waals surface area contributed by atoms with Crippen LogP contribution in [0.3, 0.4) is 0 Å². The Kier molecular flexibility index (Phi) is 4.25. The zero-order valence-corrected chi connectivity index (χ0v) is 14.5. The molecule has 25 heavy (non-hydrogen) atoms. The molecule has 2 aromatic rings. The van der Waals surface area contributed by atoms with Crippen LogP contribution >= 0.6 is 0 Å². The molecule has 2 heterocycles. The maximum absolute atomic E-state index is 12.3. The van der Waals surface area contributed by atoms with Gasteiger partial charge in [-0.3, -0.25) is 0 Å². The quantitative estimate of drug-likeness (QED) is 0.883. The average Bonchev–Trinajstić information content (AvgIpc) is 3.25. The molecular weight excluding hydrogens is 322 g/mol. The Balaban J connectivity index is 1.84. The standard InChI is InChI=1S/C17H21N5O3/c1-16(2,3)24-15(23)21-17(6-4-5-7-17)14-20-13(25-22-14)12-8-11(9-18)10-19-12/h8,10,19H,4-7H2,1-3H3,(H,21,23). The highest BCUT2D eigenvalue weighted by Gasteiger charge is 2.42. The van der Waals surface area contributed by atoms with Gasteiger partial charge in [0.05, 0.1) is 5.56 Å². The van der Waals surface area contributed by atoms with Crippen molar-refractivity contribution in [2.75, 3.05) is 0 Å². The fourth-order valence-electron chi connectivity index (χ4n) is 2.99. The van der Waals surface area contributed by atoms with Crippen molar-refractivity contribution in [3.63, 3.8) is 0 Å². The Morgan fingerprint density at radius 3 is 2.76 bits per heavy atom. The lowest BCUT2D eigenvalue weighted by molar-refractivity contribution is 0.0446. The predicted molar refractivity (Wildman–Crippen MR) is 88.3 cm³/mol. The average molecular weight is 343 g/mol. The largest absolute Gasteiger partial charge is 0.444 e. The van der Waals surface area contributed by atoms with Crippen molar-refractivity contribution in [2.45, 2.75) is 57.6 Å². The van der Waals surface area contributed by atoms with Crippen molar-refractivity contribution in [1.29, 1.82) is 5.26 Å². The first kappa shape index (κ1) is 17.0. The Morgan fingerprint density at radius 1 is 1.44 bits per heavy atom. The van der Waals surface area contributed by atoms with Crippen LogP contribution in [0.25, 0.3) is 11.6 Å². The summed E-state index contributed by atoms with van der Waals surface area (Å²) < 4.78 is 10.7. The lowest BCUT2D eigenvalue weighted by Gasteiger charge is -2.28. The van der Waals surface area contributed by atoms with Gasteiger partial charge in [0.15, 0.2) is 5.82 Å². The van der Waals surface area contributed by atoms with Gasteiger partial charge in [-0.05, 0) is 39.7 Å². The molecule has 0 spiro atoms. The molecule has 3 rings (SSSR count). The van der Waals surface area contributed by atoms with E-state index in [0.717, 1.165) is 25.7 Å². The first-order valence-corrected chi connectivity index (χ1v) is 8.26. The number of aromatic amines is 1. The Labute approximate surface area is 145 Å². The number of ether oxygens (including phenoxy) is 1. The molecule has 1 saturated carbocycles. The van der Waals surface area contributed by atoms with Gasteiger partial charge in [-0.2, -0.15) is 10.2 Å². The van der Waals surface area contributed by atoms with E-state index in [-0.39, 0.29) is 5.89 Å². The Morgan fingerprint density at radius 2 is 2.16 bits per heavy atom. The first-order valence-electron chi connectivity index (χ1n) is 8.26. The molecule has 1 aliphatic rings. The number of aromatic nitrogens is 3. The van der Waals surface area contributed by atoms with Crippen LogP contribution in [0.1, 0.15) is 57.8 Å². The minimum atomic E-state index is -0.686. The Hall–Kier alpha value is -2.82. The van der Waals surface area contributed by atoms with Crippen LogP contribution in [-0.2, 0) is 10.3 Å². The molecule has 2 N–H and O–H groups in total. The molecule has 0 atom stereocenters. The van der Waals surface area contributed by atoms with Crippen molar-refractivity contribution in [2.24, 2.45) is 0 Å². The van der Waals surface area contributed by atoms with E-state index in [2.05, 4.69) is 20.4 Å². The summed E-state index contributed by atoms with van der Waals surface area (Å²) in [5, 5.41) is 15.9. The molecule has 0 aliphatic heterocycles. The van der Waals surface area contributed by atoms with Gasteiger partial charge in [0.1, 0.15) is 22.9 Å². The van der Waals surface area contributed by atoms with E-state index in [4.69, 9.17) is 14.5 Å². The highest BCUT2D eigenvalue weighted by Crippen LogP contribution is 2.38. The number of carbonyl (C=O) groups excluding carboxylic acids is 1. The van der Waals surface area contributed by atoms with Gasteiger partial charge in [-0.25, -0.2) is 4.79 Å². The molecule has 0 unspecified atom stereocenters. The number of nitrogens with one attached hydrogen (secondary N) is 2. The van der Waals surface area contributed by atoms with Crippen molar-refractivity contribution < 1.29 is 14.1 Å². The number of hydrogen-bond acceptors (Lipinski definition) is 6. The maximum atomic E-state index is 12.3. The number of carbonyl (C=O) groups is 1. The topological polar surface area (TPSA) is 117 Å². The van der Waals surface area contributed by atoms with Crippen LogP contribution in [0.5, 0.6) is 0 Å². The molecule has 1 amide bonds. The summed E-state index contributed by atoms with van der Waals surface area (Å²) in [6, 6.07) is 3.68. The van der Waals surface area contributed by atoms with Gasteiger partial charge in [0.2, 0.25) is 0 Å². The fourth-order valence-corrected chi connectivity index (χ4v) is 2.99. The lowest BCUT2D eigenvalue weighted by Crippen LogP contribution is -2.46. The summed E-state index contributed by atoms with van der Waals surface area (Å²) in [4.78, 5) is 19.6. The van der Waals surface area contributed by atoms with Gasteiger partial charge in [0.25, 0.3) is 5.89 Å². The molecule has 0 radical (unpaired) electrons. The number of rotatable bonds is 3. The highest BCUT2D eigenvalue weighted by atomic mass is 16.6. The van der Waals surface area contributed by atoms with Gasteiger partial charge in [-0.15, -0.1) is 0 Å². The number of amides is 1. The number of hydrogen-bond donors (Lipinski definition) is 2. The van der Waals surface area contributed by atoms with Crippen molar-refractivity contribution >= 4 is 6.09 Å². The summed E-state index contributed by atoms with van der Waals surface area (Å²) in [7, 11) is 0. The predicted octanol–water partition coefficient (Wildman–Crippen LogP) is 3.23. The van der Waals surface area contributed by atoms with Gasteiger partial charge in [0, 0.05) is 6.20 Å². The minimum Gasteiger partial charge on any atom is -0.444 e. The summed E-state index contributed by atoms with van der Waals surface area (Å²) in [5.74, 6) is 0.715. The van der Waals surface area contributed by atoms with Crippen LogP contribution in [0.4, 0.5) is 4.79 Å². The number of H-pyrrole nitrogens is 1. The fraction of sp³-hybridized carbons (Fsp3) is 0.529. The third-order valence-corrected chi connectivity index (χ3v) is 4.09. The smallest absolute Gasteiger partial charge is 0.408 e. The molecule has 8 heteroatoms. The van der Waals surface area contributed by atoms with Gasteiger partial charge in [-0.1, -0.05) is 18.0 Å². The van der Waals surface area contributed by atoms with E-state index >= 15 is 0 Å². The summed E-state index contributed by atoms with van der Waals surface area (Å²) in [5.41, 5.74) is -0.211. The van der Waals surface area contributed by atoms with E-state index in [1.165, 1.54) is 0 Å². The molecule has 8 nitrogen and oxygen atoms in total. The van der Waals surface area contributed by atoms with E-state index in [1.54, 1.807) is 12.3 Å². The van der Waals surface area contributed by atoms with E-state index in [9.17, 15) is 4.79 Å². The molecule has 0 bridgehead atoms. The van der Waals surface area contributed by atoms with Crippen molar-refractivity contribution in [3.8, 4) is 17.7 Å².